The number of benzene rings is 3. The molecule has 3 fully saturated rings. The lowest BCUT2D eigenvalue weighted by atomic mass is 9.88. The third-order valence-corrected chi connectivity index (χ3v) is 12.3. The Morgan fingerprint density at radius 3 is 2.17 bits per heavy atom. The van der Waals surface area contributed by atoms with E-state index >= 15 is 8.42 Å². The number of likely N-dealkylation sites (tertiary alicyclic amines) is 1. The summed E-state index contributed by atoms with van der Waals surface area (Å²) in [5, 5.41) is 15.6. The van der Waals surface area contributed by atoms with Gasteiger partial charge in [0.25, 0.3) is 10.0 Å². The van der Waals surface area contributed by atoms with Crippen LogP contribution in [0.15, 0.2) is 64.0 Å². The number of hydrogen-bond acceptors (Lipinski definition) is 12. The molecule has 14 nitrogen and oxygen atoms in total. The van der Waals surface area contributed by atoms with E-state index in [9.17, 15) is 0 Å². The Hall–Kier alpha value is -4.99. The van der Waals surface area contributed by atoms with Crippen LogP contribution in [0.2, 0.25) is 0 Å². The number of aromatic nitrogens is 3. The van der Waals surface area contributed by atoms with Crippen molar-refractivity contribution >= 4 is 38.3 Å². The molecule has 53 heavy (non-hydrogen) atoms. The number of ether oxygens (including phenoxy) is 5. The number of H-pyrrole nitrogens is 1. The van der Waals surface area contributed by atoms with Gasteiger partial charge in [0.1, 0.15) is 23.0 Å². The lowest BCUT2D eigenvalue weighted by molar-refractivity contribution is -0.0712. The Morgan fingerprint density at radius 1 is 0.868 bits per heavy atom. The fourth-order valence-corrected chi connectivity index (χ4v) is 8.93. The zero-order chi connectivity index (χ0) is 36.7. The molecule has 280 valence electrons. The van der Waals surface area contributed by atoms with E-state index in [0.717, 1.165) is 63.2 Å². The summed E-state index contributed by atoms with van der Waals surface area (Å²) in [5.74, 6) is 2.93. The van der Waals surface area contributed by atoms with Gasteiger partial charge in [-0.2, -0.15) is 5.10 Å². The molecule has 15 heteroatoms. The third-order valence-electron chi connectivity index (χ3n) is 10.5. The van der Waals surface area contributed by atoms with Gasteiger partial charge in [0, 0.05) is 23.7 Å². The molecule has 0 spiro atoms. The van der Waals surface area contributed by atoms with Gasteiger partial charge in [-0.15, -0.1) is 0 Å². The van der Waals surface area contributed by atoms with Crippen LogP contribution in [0.1, 0.15) is 54.3 Å². The van der Waals surface area contributed by atoms with Crippen molar-refractivity contribution in [3.63, 3.8) is 0 Å². The third kappa shape index (κ3) is 6.84. The maximum atomic E-state index is 15.1. The van der Waals surface area contributed by atoms with Crippen molar-refractivity contribution in [3.8, 4) is 23.0 Å². The normalized spacial score (nSPS) is 17.1. The van der Waals surface area contributed by atoms with E-state index < -0.39 is 10.0 Å². The smallest absolute Gasteiger partial charge is 0.273 e. The Bertz CT molecular complexity index is 2160. The van der Waals surface area contributed by atoms with Crippen molar-refractivity contribution in [1.29, 1.82) is 0 Å². The minimum absolute atomic E-state index is 0.0785. The highest BCUT2D eigenvalue weighted by atomic mass is 32.2. The summed E-state index contributed by atoms with van der Waals surface area (Å²) in [6.45, 7) is 3.38. The molecule has 1 saturated carbocycles. The van der Waals surface area contributed by atoms with Crippen LogP contribution < -0.4 is 28.6 Å². The van der Waals surface area contributed by atoms with E-state index in [-0.39, 0.29) is 34.7 Å². The van der Waals surface area contributed by atoms with Gasteiger partial charge in [0.05, 0.1) is 65.3 Å². The number of nitrogens with one attached hydrogen (secondary N) is 2. The number of sulfonamides is 1. The largest absolute Gasteiger partial charge is 0.497 e. The molecule has 2 N–H and O–H groups in total. The molecule has 0 radical (unpaired) electrons. The predicted molar refractivity (Wildman–Crippen MR) is 198 cm³/mol. The van der Waals surface area contributed by atoms with Gasteiger partial charge in [0.15, 0.2) is 22.1 Å². The van der Waals surface area contributed by atoms with Gasteiger partial charge in [-0.25, -0.2) is 12.7 Å². The Morgan fingerprint density at radius 2 is 1.57 bits per heavy atom. The van der Waals surface area contributed by atoms with Gasteiger partial charge in [-0.05, 0) is 86.1 Å². The molecule has 0 bridgehead atoms. The summed E-state index contributed by atoms with van der Waals surface area (Å²) in [6.07, 6.45) is 4.16. The monoisotopic (exact) mass is 744 g/mol. The van der Waals surface area contributed by atoms with E-state index in [0.29, 0.717) is 51.5 Å². The first kappa shape index (κ1) is 35.1. The molecule has 1 aliphatic carbocycles. The number of rotatable bonds is 14. The van der Waals surface area contributed by atoms with E-state index in [1.807, 2.05) is 30.3 Å². The van der Waals surface area contributed by atoms with Crippen LogP contribution in [0.5, 0.6) is 23.0 Å². The average Bonchev–Trinajstić information content (AvgIpc) is 3.78. The van der Waals surface area contributed by atoms with Crippen molar-refractivity contribution in [3.05, 3.63) is 71.4 Å². The first-order valence-corrected chi connectivity index (χ1v) is 19.3. The number of anilines is 3. The molecule has 4 heterocycles. The lowest BCUT2D eigenvalue weighted by Crippen LogP contribution is -2.51. The summed E-state index contributed by atoms with van der Waals surface area (Å²) < 4.78 is 65.5. The van der Waals surface area contributed by atoms with Crippen LogP contribution in [0.4, 0.5) is 17.3 Å². The maximum absolute atomic E-state index is 15.1. The average molecular weight is 745 g/mol. The first-order valence-electron chi connectivity index (χ1n) is 17.8. The van der Waals surface area contributed by atoms with Crippen molar-refractivity contribution in [2.45, 2.75) is 55.0 Å². The highest BCUT2D eigenvalue weighted by Crippen LogP contribution is 2.45. The van der Waals surface area contributed by atoms with Gasteiger partial charge in [-0.3, -0.25) is 10.00 Å². The van der Waals surface area contributed by atoms with Crippen LogP contribution >= 0.6 is 0 Å². The van der Waals surface area contributed by atoms with Crippen molar-refractivity contribution < 1.29 is 36.6 Å². The molecule has 0 atom stereocenters. The molecule has 2 aromatic heterocycles. The molecule has 3 aliphatic rings. The van der Waals surface area contributed by atoms with E-state index in [4.69, 9.17) is 28.2 Å². The fourth-order valence-electron chi connectivity index (χ4n) is 7.24. The Labute approximate surface area is 308 Å². The maximum Gasteiger partial charge on any atom is 0.273 e. The molecule has 5 aromatic rings. The van der Waals surface area contributed by atoms with Crippen LogP contribution in [-0.4, -0.2) is 89.5 Å². The number of hydrogen-bond donors (Lipinski definition) is 2. The van der Waals surface area contributed by atoms with E-state index in [2.05, 4.69) is 25.6 Å². The van der Waals surface area contributed by atoms with Crippen molar-refractivity contribution in [1.82, 2.24) is 20.3 Å². The van der Waals surface area contributed by atoms with Crippen LogP contribution in [-0.2, 0) is 21.3 Å². The number of methoxy groups -OCH3 is 4. The number of aromatic amines is 1. The van der Waals surface area contributed by atoms with Gasteiger partial charge >= 0.3 is 0 Å². The quantitative estimate of drug-likeness (QED) is 0.134. The predicted octanol–water partition coefficient (Wildman–Crippen LogP) is 6.18. The summed E-state index contributed by atoms with van der Waals surface area (Å²) in [6, 6.07) is 16.8. The van der Waals surface area contributed by atoms with E-state index in [1.54, 1.807) is 38.5 Å². The summed E-state index contributed by atoms with van der Waals surface area (Å²) >= 11 is 0. The second-order valence-corrected chi connectivity index (χ2v) is 15.6. The molecule has 2 saturated heterocycles. The van der Waals surface area contributed by atoms with E-state index in [1.165, 1.54) is 18.5 Å². The SMILES string of the molecule is COc1ccc(CN(c2noc3cc(Nc4cc(C5CC5)[nH]n4)c(OC)cc23)S(=O)(=O)c2c(OC)cc(C3CCN(C4COC4)CC3)cc2OC)cc1. The number of fused-ring (bicyclic) bond motifs is 1. The minimum atomic E-state index is -4.42. The Kier molecular flexibility index (Phi) is 9.55. The Balaban J connectivity index is 1.17. The zero-order valence-electron chi connectivity index (χ0n) is 30.3. The molecular formula is C38H44N6O8S. The van der Waals surface area contributed by atoms with Crippen molar-refractivity contribution in [2.75, 3.05) is 64.4 Å². The zero-order valence-corrected chi connectivity index (χ0v) is 31.1. The summed E-state index contributed by atoms with van der Waals surface area (Å²) in [5.41, 5.74) is 3.69. The number of piperidine rings is 1. The highest BCUT2D eigenvalue weighted by Gasteiger charge is 2.37. The van der Waals surface area contributed by atoms with Crippen LogP contribution in [0.25, 0.3) is 11.0 Å². The molecule has 0 amide bonds. The number of nitrogens with zero attached hydrogens (tertiary/aromatic N) is 4. The van der Waals surface area contributed by atoms with Crippen molar-refractivity contribution in [2.24, 2.45) is 0 Å². The molecule has 2 aliphatic heterocycles. The standard InChI is InChI=1S/C38H44N6O8S/c1-47-28-9-5-23(6-10-28)20-44(38-29-17-33(48-2)31(18-32(29)52-42-38)39-36-19-30(40-41-36)25-7-8-25)53(45,46)37-34(49-3)15-26(16-35(37)50-4)24-11-13-43(14-12-24)27-21-51-22-27/h5-6,9-10,15-19,24-25,27H,7-8,11-14,20-22H2,1-4H3,(H2,39,40,41). The van der Waals surface area contributed by atoms with Gasteiger partial charge < -0.3 is 33.5 Å². The summed E-state index contributed by atoms with van der Waals surface area (Å²) in [7, 11) is 1.66. The van der Waals surface area contributed by atoms with Crippen LogP contribution in [0.3, 0.4) is 0 Å². The highest BCUT2D eigenvalue weighted by molar-refractivity contribution is 7.93. The molecular weight excluding hydrogens is 701 g/mol. The molecule has 3 aromatic carbocycles. The molecule has 0 unspecified atom stereocenters. The minimum Gasteiger partial charge on any atom is -0.497 e. The second kappa shape index (κ2) is 14.4. The first-order chi connectivity index (χ1) is 25.8. The summed E-state index contributed by atoms with van der Waals surface area (Å²) in [4.78, 5) is 2.37. The molecule has 8 rings (SSSR count). The fraction of sp³-hybridized carbons (Fsp3) is 0.421. The van der Waals surface area contributed by atoms with Gasteiger partial charge in [0.2, 0.25) is 0 Å². The topological polar surface area (TPSA) is 154 Å². The lowest BCUT2D eigenvalue weighted by Gasteiger charge is -2.41. The van der Waals surface area contributed by atoms with Gasteiger partial charge in [-0.1, -0.05) is 17.3 Å². The van der Waals surface area contributed by atoms with Crippen LogP contribution in [0, 0.1) is 0 Å². The second-order valence-electron chi connectivity index (χ2n) is 13.8.